The maximum atomic E-state index is 5.16. The molecule has 0 unspecified atom stereocenters. The van der Waals surface area contributed by atoms with Crippen LogP contribution < -0.4 is 0 Å². The van der Waals surface area contributed by atoms with Crippen molar-refractivity contribution in [3.05, 3.63) is 120 Å². The molecule has 0 fully saturated rings. The minimum absolute atomic E-state index is 0. The summed E-state index contributed by atoms with van der Waals surface area (Å²) < 4.78 is 3.89. The Hall–Kier alpha value is -3.23. The molecule has 0 N–H and O–H groups in total. The number of fused-ring (bicyclic) bond motifs is 10. The fourth-order valence-corrected chi connectivity index (χ4v) is 4.75. The van der Waals surface area contributed by atoms with Crippen LogP contribution in [0, 0.1) is 12.1 Å². The van der Waals surface area contributed by atoms with E-state index in [9.17, 15) is 0 Å². The Morgan fingerprint density at radius 2 is 1.29 bits per heavy atom. The molecule has 0 spiro atoms. The van der Waals surface area contributed by atoms with Crippen LogP contribution in [-0.2, 0) is 31.9 Å². The first-order valence-corrected chi connectivity index (χ1v) is 11.6. The minimum Gasteiger partial charge on any atom is -0.265 e. The van der Waals surface area contributed by atoms with E-state index in [2.05, 4.69) is 113 Å². The second-order valence-corrected chi connectivity index (χ2v) is 10.00. The first-order valence-electron chi connectivity index (χ1n) is 11.6. The number of hydrogen-bond acceptors (Lipinski definition) is 2. The largest absolute Gasteiger partial charge is 2.00 e. The molecular formula is C30H26N4Pt. The van der Waals surface area contributed by atoms with Gasteiger partial charge in [-0.25, -0.2) is 0 Å². The van der Waals surface area contributed by atoms with E-state index >= 15 is 0 Å². The van der Waals surface area contributed by atoms with E-state index in [1.165, 1.54) is 0 Å². The molecule has 3 heterocycles. The van der Waals surface area contributed by atoms with Crippen molar-refractivity contribution in [2.45, 2.75) is 38.5 Å². The summed E-state index contributed by atoms with van der Waals surface area (Å²) >= 11 is 0. The topological polar surface area (TPSA) is 35.6 Å². The minimum atomic E-state index is -0.386. The molecule has 5 heteroatoms. The van der Waals surface area contributed by atoms with Gasteiger partial charge in [0.1, 0.15) is 0 Å². The van der Waals surface area contributed by atoms with E-state index in [0.29, 0.717) is 0 Å². The molecule has 0 aliphatic carbocycles. The Labute approximate surface area is 220 Å². The summed E-state index contributed by atoms with van der Waals surface area (Å²) in [5.41, 5.74) is 7.52. The fourth-order valence-electron chi connectivity index (χ4n) is 4.75. The van der Waals surface area contributed by atoms with Gasteiger partial charge in [0, 0.05) is 28.8 Å². The zero-order valence-electron chi connectivity index (χ0n) is 20.2. The average Bonchev–Trinajstić information content (AvgIpc) is 3.53. The Morgan fingerprint density at radius 1 is 0.657 bits per heavy atom. The van der Waals surface area contributed by atoms with Crippen molar-refractivity contribution in [1.29, 1.82) is 0 Å². The third kappa shape index (κ3) is 3.81. The van der Waals surface area contributed by atoms with Gasteiger partial charge in [0.05, 0.1) is 11.4 Å². The van der Waals surface area contributed by atoms with Crippen LogP contribution in [0.15, 0.2) is 85.2 Å². The number of rotatable bonds is 1. The summed E-state index contributed by atoms with van der Waals surface area (Å²) in [4.78, 5) is 0. The van der Waals surface area contributed by atoms with Crippen molar-refractivity contribution in [3.63, 3.8) is 0 Å². The van der Waals surface area contributed by atoms with Crippen LogP contribution in [0.4, 0.5) is 0 Å². The predicted octanol–water partition coefficient (Wildman–Crippen LogP) is 6.29. The molecule has 2 aromatic heterocycles. The maximum absolute atomic E-state index is 5.16. The molecule has 176 valence electrons. The molecule has 1 aliphatic heterocycles. The van der Waals surface area contributed by atoms with Crippen molar-refractivity contribution in [3.8, 4) is 22.5 Å². The first kappa shape index (κ1) is 23.5. The van der Waals surface area contributed by atoms with Gasteiger partial charge in [-0.15, -0.1) is 23.3 Å². The van der Waals surface area contributed by atoms with Crippen LogP contribution in [0.5, 0.6) is 0 Å². The Bertz CT molecular complexity index is 1510. The van der Waals surface area contributed by atoms with Crippen molar-refractivity contribution in [1.82, 2.24) is 19.6 Å². The number of nitrogens with zero attached hydrogens (tertiary/aromatic N) is 4. The molecule has 5 aromatic rings. The monoisotopic (exact) mass is 637 g/mol. The van der Waals surface area contributed by atoms with Gasteiger partial charge < -0.3 is 0 Å². The van der Waals surface area contributed by atoms with E-state index in [4.69, 9.17) is 10.2 Å². The molecule has 4 nitrogen and oxygen atoms in total. The Morgan fingerprint density at radius 3 is 1.97 bits per heavy atom. The number of benzene rings is 3. The van der Waals surface area contributed by atoms with E-state index in [-0.39, 0.29) is 31.9 Å². The zero-order chi connectivity index (χ0) is 23.5. The maximum Gasteiger partial charge on any atom is 2.00 e. The van der Waals surface area contributed by atoms with Crippen LogP contribution in [0.3, 0.4) is 0 Å². The van der Waals surface area contributed by atoms with E-state index in [0.717, 1.165) is 45.0 Å². The average molecular weight is 638 g/mol. The smallest absolute Gasteiger partial charge is 0.265 e. The molecule has 0 saturated carbocycles. The van der Waals surface area contributed by atoms with Crippen molar-refractivity contribution in [2.24, 2.45) is 0 Å². The van der Waals surface area contributed by atoms with Crippen molar-refractivity contribution < 1.29 is 21.1 Å². The van der Waals surface area contributed by atoms with Crippen LogP contribution in [0.1, 0.15) is 50.2 Å². The zero-order valence-corrected chi connectivity index (χ0v) is 22.5. The van der Waals surface area contributed by atoms with Crippen LogP contribution in [0.2, 0.25) is 0 Å². The van der Waals surface area contributed by atoms with Crippen LogP contribution in [-0.4, -0.2) is 19.6 Å². The predicted molar refractivity (Wildman–Crippen MR) is 134 cm³/mol. The van der Waals surface area contributed by atoms with Crippen LogP contribution >= 0.6 is 0 Å². The Kier molecular flexibility index (Phi) is 5.68. The van der Waals surface area contributed by atoms with Gasteiger partial charge in [-0.1, -0.05) is 58.0 Å². The molecule has 35 heavy (non-hydrogen) atoms. The molecule has 1 aliphatic rings. The van der Waals surface area contributed by atoms with E-state index < -0.39 is 0 Å². The molecule has 0 radical (unpaired) electrons. The van der Waals surface area contributed by atoms with Crippen molar-refractivity contribution in [2.75, 3.05) is 0 Å². The Balaban J connectivity index is 0.00000253. The van der Waals surface area contributed by atoms with Gasteiger partial charge in [-0.2, -0.15) is 46.6 Å². The van der Waals surface area contributed by atoms with Gasteiger partial charge in [-0.05, 0) is 23.0 Å². The standard InChI is InChI=1S/C30H26N4.Pt/c1-29(2)22-12-8-15-25(18-22)34-20-26(21-10-6-5-7-11-21)28(32-34)30(3,4)23-13-9-14-24(19-23)33-17-16-27(29)31-33;/h5-17,20H,1-4H3;/q-2;+2. The first-order chi connectivity index (χ1) is 16.3. The second-order valence-electron chi connectivity index (χ2n) is 10.00. The summed E-state index contributed by atoms with van der Waals surface area (Å²) in [6.07, 6.45) is 4.15. The van der Waals surface area contributed by atoms with Gasteiger partial charge in [0.2, 0.25) is 0 Å². The van der Waals surface area contributed by atoms with Crippen molar-refractivity contribution >= 4 is 0 Å². The van der Waals surface area contributed by atoms with Crippen LogP contribution in [0.25, 0.3) is 22.5 Å². The molecule has 0 atom stereocenters. The molecule has 0 amide bonds. The van der Waals surface area contributed by atoms with Gasteiger partial charge in [-0.3, -0.25) is 9.36 Å². The van der Waals surface area contributed by atoms with E-state index in [1.54, 1.807) is 0 Å². The molecule has 3 aromatic carbocycles. The quantitative estimate of drug-likeness (QED) is 0.203. The summed E-state index contributed by atoms with van der Waals surface area (Å²) in [6, 6.07) is 32.4. The molecule has 0 saturated heterocycles. The summed E-state index contributed by atoms with van der Waals surface area (Å²) in [5.74, 6) is 0. The third-order valence-corrected chi connectivity index (χ3v) is 7.02. The summed E-state index contributed by atoms with van der Waals surface area (Å²) in [6.45, 7) is 8.80. The van der Waals surface area contributed by atoms with Gasteiger partial charge in [0.15, 0.2) is 0 Å². The number of aromatic nitrogens is 4. The second kappa shape index (κ2) is 8.46. The molecule has 6 rings (SSSR count). The molecule has 8 bridgehead atoms. The number of hydrogen-bond donors (Lipinski definition) is 0. The van der Waals surface area contributed by atoms with E-state index in [1.807, 2.05) is 21.6 Å². The fraction of sp³-hybridized carbons (Fsp3) is 0.200. The summed E-state index contributed by atoms with van der Waals surface area (Å²) in [7, 11) is 0. The van der Waals surface area contributed by atoms with Gasteiger partial charge >= 0.3 is 21.1 Å². The third-order valence-electron chi connectivity index (χ3n) is 7.02. The summed E-state index contributed by atoms with van der Waals surface area (Å²) in [5, 5.41) is 10.1. The normalized spacial score (nSPS) is 15.1. The van der Waals surface area contributed by atoms with Gasteiger partial charge in [0.25, 0.3) is 0 Å². The molecular weight excluding hydrogens is 611 g/mol. The SMILES string of the molecule is CC1(C)c2[c-]c(ccc2)-n2cc(-c3ccccc3)c(n2)C(C)(C)c2[c-]c(ccc2)-n2ccc1n2.[Pt+2].